The fourth-order valence-corrected chi connectivity index (χ4v) is 2.61. The highest BCUT2D eigenvalue weighted by Gasteiger charge is 2.18. The predicted molar refractivity (Wildman–Crippen MR) is 105 cm³/mol. The predicted octanol–water partition coefficient (Wildman–Crippen LogP) is 2.61. The van der Waals surface area contributed by atoms with Gasteiger partial charge in [-0.1, -0.05) is 0 Å². The lowest BCUT2D eigenvalue weighted by Gasteiger charge is -2.36. The van der Waals surface area contributed by atoms with Gasteiger partial charge >= 0.3 is 0 Å². The number of aliphatic imine (C=N–C) groups is 1. The Morgan fingerprint density at radius 3 is 2.24 bits per heavy atom. The summed E-state index contributed by atoms with van der Waals surface area (Å²) in [6.07, 6.45) is 1.17. The number of piperazine rings is 1. The summed E-state index contributed by atoms with van der Waals surface area (Å²) >= 11 is 0. The van der Waals surface area contributed by atoms with Crippen molar-refractivity contribution < 1.29 is 8.78 Å². The summed E-state index contributed by atoms with van der Waals surface area (Å²) in [5.74, 6) is -0.143. The molecule has 0 radical (unpaired) electrons. The molecule has 0 atom stereocenters. The van der Waals surface area contributed by atoms with Crippen LogP contribution in [-0.4, -0.2) is 42.0 Å². The van der Waals surface area contributed by atoms with Crippen molar-refractivity contribution in [1.82, 2.24) is 9.88 Å². The average molecular weight is 459 g/mol. The van der Waals surface area contributed by atoms with Crippen molar-refractivity contribution in [2.75, 3.05) is 31.1 Å². The van der Waals surface area contributed by atoms with Gasteiger partial charge in [0.2, 0.25) is 0 Å². The second-order valence-electron chi connectivity index (χ2n) is 5.59. The van der Waals surface area contributed by atoms with E-state index in [2.05, 4.69) is 14.9 Å². The Morgan fingerprint density at radius 2 is 1.64 bits per heavy atom. The van der Waals surface area contributed by atoms with Crippen LogP contribution in [0.2, 0.25) is 0 Å². The summed E-state index contributed by atoms with van der Waals surface area (Å²) in [6, 6.07) is 9.44. The molecule has 5 nitrogen and oxygen atoms in total. The van der Waals surface area contributed by atoms with Gasteiger partial charge in [-0.25, -0.2) is 13.8 Å². The Kier molecular flexibility index (Phi) is 6.91. The number of halogens is 3. The molecule has 1 aliphatic rings. The second-order valence-corrected chi connectivity index (χ2v) is 5.59. The summed E-state index contributed by atoms with van der Waals surface area (Å²) in [7, 11) is 0. The number of pyridine rings is 1. The molecule has 1 saturated heterocycles. The number of hydrogen-bond acceptors (Lipinski definition) is 3. The molecule has 134 valence electrons. The van der Waals surface area contributed by atoms with Crippen molar-refractivity contribution in [2.45, 2.75) is 6.54 Å². The maximum Gasteiger partial charge on any atom is 0.191 e. The minimum absolute atomic E-state index is 0. The standard InChI is InChI=1S/C17H19F2N5.HI/c18-13-2-5-16(6-3-13)23-7-9-24(10-8-23)17(20)22-12-15-4-1-14(19)11-21-15;/h1-6,11H,7-10,12H2,(H2,20,22);1H. The van der Waals surface area contributed by atoms with E-state index in [0.717, 1.165) is 31.9 Å². The van der Waals surface area contributed by atoms with Gasteiger partial charge < -0.3 is 15.5 Å². The molecular weight excluding hydrogens is 439 g/mol. The van der Waals surface area contributed by atoms with E-state index in [1.165, 1.54) is 24.4 Å². The first-order valence-corrected chi connectivity index (χ1v) is 7.77. The highest BCUT2D eigenvalue weighted by Crippen LogP contribution is 2.16. The summed E-state index contributed by atoms with van der Waals surface area (Å²) in [6.45, 7) is 3.38. The third kappa shape index (κ3) is 5.25. The van der Waals surface area contributed by atoms with Crippen molar-refractivity contribution in [2.24, 2.45) is 10.7 Å². The van der Waals surface area contributed by atoms with E-state index >= 15 is 0 Å². The van der Waals surface area contributed by atoms with Crippen molar-refractivity contribution in [1.29, 1.82) is 0 Å². The molecule has 0 aliphatic carbocycles. The Hall–Kier alpha value is -1.97. The molecule has 0 saturated carbocycles. The fraction of sp³-hybridized carbons (Fsp3) is 0.294. The highest BCUT2D eigenvalue weighted by molar-refractivity contribution is 14.0. The van der Waals surface area contributed by atoms with E-state index in [4.69, 9.17) is 5.73 Å². The molecule has 2 aromatic rings. The molecule has 3 rings (SSSR count). The van der Waals surface area contributed by atoms with Crippen molar-refractivity contribution in [3.05, 3.63) is 59.9 Å². The Labute approximate surface area is 162 Å². The first-order chi connectivity index (χ1) is 11.6. The molecule has 1 aliphatic heterocycles. The highest BCUT2D eigenvalue weighted by atomic mass is 127. The number of aromatic nitrogens is 1. The van der Waals surface area contributed by atoms with Crippen LogP contribution in [0.5, 0.6) is 0 Å². The van der Waals surface area contributed by atoms with Gasteiger partial charge in [0.25, 0.3) is 0 Å². The maximum atomic E-state index is 13.0. The van der Waals surface area contributed by atoms with E-state index in [1.54, 1.807) is 18.2 Å². The van der Waals surface area contributed by atoms with Crippen molar-refractivity contribution in [3.8, 4) is 0 Å². The van der Waals surface area contributed by atoms with Gasteiger partial charge in [-0.15, -0.1) is 24.0 Å². The zero-order chi connectivity index (χ0) is 16.9. The normalized spacial score (nSPS) is 15.0. The smallest absolute Gasteiger partial charge is 0.191 e. The molecular formula is C17H20F2IN5. The van der Waals surface area contributed by atoms with E-state index in [0.29, 0.717) is 18.2 Å². The fourth-order valence-electron chi connectivity index (χ4n) is 2.61. The summed E-state index contributed by atoms with van der Waals surface area (Å²) in [5.41, 5.74) is 7.71. The van der Waals surface area contributed by atoms with Crippen LogP contribution in [0, 0.1) is 11.6 Å². The van der Waals surface area contributed by atoms with Crippen LogP contribution in [0.3, 0.4) is 0 Å². The summed E-state index contributed by atoms with van der Waals surface area (Å²) < 4.78 is 25.8. The molecule has 1 fully saturated rings. The molecule has 1 aromatic heterocycles. The molecule has 1 aromatic carbocycles. The van der Waals surface area contributed by atoms with Crippen LogP contribution < -0.4 is 10.6 Å². The van der Waals surface area contributed by atoms with Crippen LogP contribution in [-0.2, 0) is 6.54 Å². The van der Waals surface area contributed by atoms with E-state index in [-0.39, 0.29) is 35.6 Å². The van der Waals surface area contributed by atoms with Gasteiger partial charge in [0, 0.05) is 31.9 Å². The number of nitrogens with two attached hydrogens (primary N) is 1. The Bertz CT molecular complexity index is 698. The van der Waals surface area contributed by atoms with Gasteiger partial charge in [-0.3, -0.25) is 4.98 Å². The molecule has 2 heterocycles. The largest absolute Gasteiger partial charge is 0.370 e. The monoisotopic (exact) mass is 459 g/mol. The van der Waals surface area contributed by atoms with Gasteiger partial charge in [0.1, 0.15) is 11.6 Å². The first-order valence-electron chi connectivity index (χ1n) is 7.77. The number of hydrogen-bond donors (Lipinski definition) is 1. The molecule has 0 unspecified atom stereocenters. The minimum Gasteiger partial charge on any atom is -0.370 e. The quantitative estimate of drug-likeness (QED) is 0.436. The number of nitrogens with zero attached hydrogens (tertiary/aromatic N) is 4. The maximum absolute atomic E-state index is 13.0. The minimum atomic E-state index is -0.368. The van der Waals surface area contributed by atoms with E-state index in [1.807, 2.05) is 4.90 Å². The molecule has 0 spiro atoms. The van der Waals surface area contributed by atoms with Crippen molar-refractivity contribution >= 4 is 35.6 Å². The lowest BCUT2D eigenvalue weighted by Crippen LogP contribution is -2.51. The Morgan fingerprint density at radius 1 is 1.00 bits per heavy atom. The Balaban J connectivity index is 0.00000225. The van der Waals surface area contributed by atoms with Crippen LogP contribution in [0.25, 0.3) is 0 Å². The average Bonchev–Trinajstić information content (AvgIpc) is 2.62. The van der Waals surface area contributed by atoms with E-state index < -0.39 is 0 Å². The third-order valence-electron chi connectivity index (χ3n) is 3.99. The topological polar surface area (TPSA) is 57.8 Å². The molecule has 0 bridgehead atoms. The number of benzene rings is 1. The van der Waals surface area contributed by atoms with Gasteiger partial charge in [0.05, 0.1) is 18.4 Å². The molecule has 8 heteroatoms. The van der Waals surface area contributed by atoms with Gasteiger partial charge in [-0.05, 0) is 36.4 Å². The number of rotatable bonds is 3. The summed E-state index contributed by atoms with van der Waals surface area (Å²) in [5, 5.41) is 0. The van der Waals surface area contributed by atoms with E-state index in [9.17, 15) is 8.78 Å². The van der Waals surface area contributed by atoms with Gasteiger partial charge in [-0.2, -0.15) is 0 Å². The lowest BCUT2D eigenvalue weighted by atomic mass is 10.2. The lowest BCUT2D eigenvalue weighted by molar-refractivity contribution is 0.380. The SMILES string of the molecule is I.NC(=NCc1ccc(F)cn1)N1CCN(c2ccc(F)cc2)CC1. The van der Waals surface area contributed by atoms with Crippen LogP contribution >= 0.6 is 24.0 Å². The van der Waals surface area contributed by atoms with Crippen LogP contribution in [0.4, 0.5) is 14.5 Å². The van der Waals surface area contributed by atoms with Crippen molar-refractivity contribution in [3.63, 3.8) is 0 Å². The molecule has 25 heavy (non-hydrogen) atoms. The summed E-state index contributed by atoms with van der Waals surface area (Å²) in [4.78, 5) is 12.5. The molecule has 0 amide bonds. The second kappa shape index (κ2) is 8.93. The van der Waals surface area contributed by atoms with Gasteiger partial charge in [0.15, 0.2) is 5.96 Å². The zero-order valence-corrected chi connectivity index (χ0v) is 15.9. The number of guanidine groups is 1. The number of anilines is 1. The third-order valence-corrected chi connectivity index (χ3v) is 3.99. The van der Waals surface area contributed by atoms with Crippen LogP contribution in [0.15, 0.2) is 47.6 Å². The van der Waals surface area contributed by atoms with Crippen LogP contribution in [0.1, 0.15) is 5.69 Å². The first kappa shape index (κ1) is 19.4. The molecule has 2 N–H and O–H groups in total. The zero-order valence-electron chi connectivity index (χ0n) is 13.6.